The number of nitrogens with zero attached hydrogens (tertiary/aromatic N) is 1. The predicted molar refractivity (Wildman–Crippen MR) is 60.7 cm³/mol. The molecule has 3 N–H and O–H groups in total. The second kappa shape index (κ2) is 5.68. The van der Waals surface area contributed by atoms with Gasteiger partial charge in [0.05, 0.1) is 11.6 Å². The Labute approximate surface area is 93.8 Å². The first-order chi connectivity index (χ1) is 7.19. The number of nitrogens with one attached hydrogen (secondary N) is 1. The lowest BCUT2D eigenvalue weighted by Crippen LogP contribution is -2.28. The number of pyridine rings is 1. The van der Waals surface area contributed by atoms with E-state index >= 15 is 0 Å². The van der Waals surface area contributed by atoms with Crippen LogP contribution in [0.4, 0.5) is 5.69 Å². The molecule has 5 heteroatoms. The summed E-state index contributed by atoms with van der Waals surface area (Å²) in [4.78, 5) is 15.5. The average molecular weight is 228 g/mol. The predicted octanol–water partition coefficient (Wildman–Crippen LogP) is 1.66. The third-order valence-electron chi connectivity index (χ3n) is 2.17. The SMILES string of the molecule is CCC(CN)C(=O)Nc1cccnc1Cl. The number of amides is 1. The van der Waals surface area contributed by atoms with E-state index in [9.17, 15) is 4.79 Å². The van der Waals surface area contributed by atoms with Gasteiger partial charge in [-0.3, -0.25) is 4.79 Å². The van der Waals surface area contributed by atoms with Crippen molar-refractivity contribution < 1.29 is 4.79 Å². The molecule has 15 heavy (non-hydrogen) atoms. The van der Waals surface area contributed by atoms with E-state index in [0.717, 1.165) is 0 Å². The maximum Gasteiger partial charge on any atom is 0.228 e. The molecular formula is C10H14ClN3O. The molecule has 0 aliphatic heterocycles. The van der Waals surface area contributed by atoms with Crippen molar-refractivity contribution in [2.75, 3.05) is 11.9 Å². The number of anilines is 1. The van der Waals surface area contributed by atoms with E-state index in [1.54, 1.807) is 18.3 Å². The molecule has 82 valence electrons. The summed E-state index contributed by atoms with van der Waals surface area (Å²) >= 11 is 5.80. The minimum absolute atomic E-state index is 0.116. The van der Waals surface area contributed by atoms with E-state index in [1.807, 2.05) is 6.92 Å². The Hall–Kier alpha value is -1.13. The van der Waals surface area contributed by atoms with Gasteiger partial charge in [-0.05, 0) is 18.6 Å². The van der Waals surface area contributed by atoms with Crippen molar-refractivity contribution in [2.45, 2.75) is 13.3 Å². The number of carbonyl (C=O) groups excluding carboxylic acids is 1. The van der Waals surface area contributed by atoms with E-state index < -0.39 is 0 Å². The molecule has 1 unspecified atom stereocenters. The van der Waals surface area contributed by atoms with E-state index in [1.165, 1.54) is 0 Å². The van der Waals surface area contributed by atoms with Crippen LogP contribution in [0, 0.1) is 5.92 Å². The number of halogens is 1. The first-order valence-corrected chi connectivity index (χ1v) is 5.18. The fourth-order valence-corrected chi connectivity index (χ4v) is 1.34. The fraction of sp³-hybridized carbons (Fsp3) is 0.400. The van der Waals surface area contributed by atoms with Crippen molar-refractivity contribution in [1.82, 2.24) is 4.98 Å². The van der Waals surface area contributed by atoms with Gasteiger partial charge in [-0.15, -0.1) is 0 Å². The molecule has 0 bridgehead atoms. The second-order valence-corrected chi connectivity index (χ2v) is 3.53. The molecule has 1 heterocycles. The van der Waals surface area contributed by atoms with Crippen LogP contribution in [-0.2, 0) is 4.79 Å². The van der Waals surface area contributed by atoms with Crippen LogP contribution in [0.15, 0.2) is 18.3 Å². The van der Waals surface area contributed by atoms with E-state index in [-0.39, 0.29) is 17.0 Å². The summed E-state index contributed by atoms with van der Waals surface area (Å²) in [6, 6.07) is 3.42. The Kier molecular flexibility index (Phi) is 4.52. The highest BCUT2D eigenvalue weighted by Crippen LogP contribution is 2.18. The van der Waals surface area contributed by atoms with Gasteiger partial charge in [-0.2, -0.15) is 0 Å². The Morgan fingerprint density at radius 1 is 1.73 bits per heavy atom. The van der Waals surface area contributed by atoms with Crippen LogP contribution in [-0.4, -0.2) is 17.4 Å². The lowest BCUT2D eigenvalue weighted by molar-refractivity contribution is -0.119. The van der Waals surface area contributed by atoms with Gasteiger partial charge in [0, 0.05) is 12.7 Å². The molecule has 0 fully saturated rings. The molecule has 0 spiro atoms. The number of rotatable bonds is 4. The van der Waals surface area contributed by atoms with E-state index in [2.05, 4.69) is 10.3 Å². The minimum atomic E-state index is -0.179. The van der Waals surface area contributed by atoms with Gasteiger partial charge in [-0.25, -0.2) is 4.98 Å². The van der Waals surface area contributed by atoms with Gasteiger partial charge < -0.3 is 11.1 Å². The van der Waals surface area contributed by atoms with Gasteiger partial charge in [-0.1, -0.05) is 18.5 Å². The monoisotopic (exact) mass is 227 g/mol. The lowest BCUT2D eigenvalue weighted by atomic mass is 10.1. The van der Waals surface area contributed by atoms with Crippen LogP contribution >= 0.6 is 11.6 Å². The number of carbonyl (C=O) groups is 1. The van der Waals surface area contributed by atoms with Crippen molar-refractivity contribution in [3.63, 3.8) is 0 Å². The maximum absolute atomic E-state index is 11.6. The molecule has 1 amide bonds. The van der Waals surface area contributed by atoms with Crippen molar-refractivity contribution in [1.29, 1.82) is 0 Å². The Balaban J connectivity index is 2.70. The van der Waals surface area contributed by atoms with Crippen LogP contribution in [0.3, 0.4) is 0 Å². The Morgan fingerprint density at radius 2 is 2.47 bits per heavy atom. The molecule has 1 rings (SSSR count). The van der Waals surface area contributed by atoms with Gasteiger partial charge in [0.25, 0.3) is 0 Å². The topological polar surface area (TPSA) is 68.0 Å². The van der Waals surface area contributed by atoms with Gasteiger partial charge >= 0.3 is 0 Å². The van der Waals surface area contributed by atoms with Crippen molar-refractivity contribution in [2.24, 2.45) is 11.7 Å². The molecule has 0 saturated carbocycles. The smallest absolute Gasteiger partial charge is 0.228 e. The molecule has 4 nitrogen and oxygen atoms in total. The third kappa shape index (κ3) is 3.18. The minimum Gasteiger partial charge on any atom is -0.330 e. The average Bonchev–Trinajstić information content (AvgIpc) is 2.23. The molecule has 1 aromatic rings. The van der Waals surface area contributed by atoms with Crippen LogP contribution < -0.4 is 11.1 Å². The third-order valence-corrected chi connectivity index (χ3v) is 2.47. The highest BCUT2D eigenvalue weighted by atomic mass is 35.5. The highest BCUT2D eigenvalue weighted by Gasteiger charge is 2.15. The molecule has 1 atom stereocenters. The summed E-state index contributed by atoms with van der Waals surface area (Å²) in [7, 11) is 0. The summed E-state index contributed by atoms with van der Waals surface area (Å²) in [5.74, 6) is -0.295. The van der Waals surface area contributed by atoms with Crippen molar-refractivity contribution >= 4 is 23.2 Å². The van der Waals surface area contributed by atoms with Crippen LogP contribution in [0.1, 0.15) is 13.3 Å². The highest BCUT2D eigenvalue weighted by molar-refractivity contribution is 6.32. The number of nitrogens with two attached hydrogens (primary N) is 1. The molecule has 0 aliphatic rings. The molecule has 0 aromatic carbocycles. The number of hydrogen-bond acceptors (Lipinski definition) is 3. The summed E-state index contributed by atoms with van der Waals surface area (Å²) in [5, 5.41) is 2.99. The van der Waals surface area contributed by atoms with Crippen molar-refractivity contribution in [3.05, 3.63) is 23.5 Å². The quantitative estimate of drug-likeness (QED) is 0.769. The fourth-order valence-electron chi connectivity index (χ4n) is 1.17. The standard InChI is InChI=1S/C10H14ClN3O/c1-2-7(6-12)10(15)14-8-4-3-5-13-9(8)11/h3-5,7H,2,6,12H2,1H3,(H,14,15). The zero-order valence-corrected chi connectivity index (χ0v) is 9.29. The summed E-state index contributed by atoms with van der Waals surface area (Å²) in [5.41, 5.74) is 5.99. The zero-order chi connectivity index (χ0) is 11.3. The molecule has 0 saturated heterocycles. The molecule has 1 aromatic heterocycles. The summed E-state index contributed by atoms with van der Waals surface area (Å²) < 4.78 is 0. The zero-order valence-electron chi connectivity index (χ0n) is 8.53. The lowest BCUT2D eigenvalue weighted by Gasteiger charge is -2.12. The Morgan fingerprint density at radius 3 is 3.00 bits per heavy atom. The Bertz CT molecular complexity index is 339. The first-order valence-electron chi connectivity index (χ1n) is 4.80. The summed E-state index contributed by atoms with van der Waals surface area (Å²) in [6.07, 6.45) is 2.28. The summed E-state index contributed by atoms with van der Waals surface area (Å²) in [6.45, 7) is 2.25. The largest absolute Gasteiger partial charge is 0.330 e. The van der Waals surface area contributed by atoms with Crippen LogP contribution in [0.5, 0.6) is 0 Å². The van der Waals surface area contributed by atoms with Crippen LogP contribution in [0.2, 0.25) is 5.15 Å². The molecule has 0 radical (unpaired) electrons. The molecular weight excluding hydrogens is 214 g/mol. The number of hydrogen-bond donors (Lipinski definition) is 2. The van der Waals surface area contributed by atoms with Gasteiger partial charge in [0.15, 0.2) is 5.15 Å². The van der Waals surface area contributed by atoms with E-state index in [4.69, 9.17) is 17.3 Å². The number of aromatic nitrogens is 1. The van der Waals surface area contributed by atoms with Gasteiger partial charge in [0.1, 0.15) is 0 Å². The normalized spacial score (nSPS) is 12.2. The second-order valence-electron chi connectivity index (χ2n) is 3.17. The molecule has 0 aliphatic carbocycles. The van der Waals surface area contributed by atoms with Crippen molar-refractivity contribution in [3.8, 4) is 0 Å². The first kappa shape index (κ1) is 11.9. The van der Waals surface area contributed by atoms with E-state index in [0.29, 0.717) is 18.7 Å². The maximum atomic E-state index is 11.6. The van der Waals surface area contributed by atoms with Gasteiger partial charge in [0.2, 0.25) is 5.91 Å². The van der Waals surface area contributed by atoms with Crippen LogP contribution in [0.25, 0.3) is 0 Å².